The van der Waals surface area contributed by atoms with Crippen LogP contribution in [0.1, 0.15) is 44.1 Å². The van der Waals surface area contributed by atoms with Crippen molar-refractivity contribution in [1.29, 1.82) is 0 Å². The topological polar surface area (TPSA) is 67.2 Å². The summed E-state index contributed by atoms with van der Waals surface area (Å²) in [5.41, 5.74) is -1.71. The first-order valence-corrected chi connectivity index (χ1v) is 12.6. The number of aromatic nitrogens is 2. The molecule has 0 fully saturated rings. The molecule has 0 aliphatic heterocycles. The molecule has 0 spiro atoms. The van der Waals surface area contributed by atoms with E-state index in [1.54, 1.807) is 54.1 Å². The van der Waals surface area contributed by atoms with Gasteiger partial charge < -0.3 is 14.8 Å². The highest BCUT2D eigenvalue weighted by molar-refractivity contribution is 5.95. The molecular weight excluding hydrogens is 550 g/mol. The zero-order valence-electron chi connectivity index (χ0n) is 22.1. The van der Waals surface area contributed by atoms with Crippen LogP contribution in [0.4, 0.5) is 26.3 Å². The number of hydrogen-bond donors (Lipinski definition) is 1. The van der Waals surface area contributed by atoms with E-state index >= 15 is 0 Å². The van der Waals surface area contributed by atoms with E-state index in [4.69, 9.17) is 0 Å². The molecule has 4 rings (SSSR count). The largest absolute Gasteiger partial charge is 0.416 e. The van der Waals surface area contributed by atoms with E-state index in [0.717, 1.165) is 16.0 Å². The lowest BCUT2D eigenvalue weighted by atomic mass is 9.99. The molecule has 2 amide bonds. The number of carbonyl (C=O) groups is 2. The maximum atomic E-state index is 13.4. The Kier molecular flexibility index (Phi) is 8.41. The number of halogens is 6. The van der Waals surface area contributed by atoms with Gasteiger partial charge in [0.25, 0.3) is 11.8 Å². The standard InChI is InChI=1S/C29H26F6N4O2/c1-38(27(41)19-15-20(28(30,31)32)17-21(16-19)29(33,34)35)22(14-18-8-4-3-5-9-18)12-13-36-26(40)25-37-23-10-6-7-11-24(23)39(25)2/h3-11,15-17,22H,12-14H2,1-2H3,(H,36,40)/t22-/m1/s1. The van der Waals surface area contributed by atoms with Crippen molar-refractivity contribution in [3.8, 4) is 0 Å². The van der Waals surface area contributed by atoms with Crippen LogP contribution >= 0.6 is 0 Å². The van der Waals surface area contributed by atoms with Gasteiger partial charge in [0.2, 0.25) is 0 Å². The third kappa shape index (κ3) is 6.87. The number of fused-ring (bicyclic) bond motifs is 1. The summed E-state index contributed by atoms with van der Waals surface area (Å²) in [4.78, 5) is 31.6. The van der Waals surface area contributed by atoms with Gasteiger partial charge in [0.05, 0.1) is 22.2 Å². The molecule has 12 heteroatoms. The van der Waals surface area contributed by atoms with Crippen molar-refractivity contribution in [3.63, 3.8) is 0 Å². The Bertz CT molecular complexity index is 1510. The summed E-state index contributed by atoms with van der Waals surface area (Å²) in [7, 11) is 3.01. The third-order valence-electron chi connectivity index (χ3n) is 6.77. The zero-order valence-corrected chi connectivity index (χ0v) is 22.1. The van der Waals surface area contributed by atoms with Gasteiger partial charge in [-0.2, -0.15) is 26.3 Å². The Hall–Kier alpha value is -4.35. The number of hydrogen-bond acceptors (Lipinski definition) is 3. The molecule has 0 aliphatic rings. The number of benzene rings is 3. The molecule has 0 bridgehead atoms. The van der Waals surface area contributed by atoms with Crippen LogP contribution in [0.5, 0.6) is 0 Å². The summed E-state index contributed by atoms with van der Waals surface area (Å²) in [6.07, 6.45) is -9.76. The number of para-hydroxylation sites is 2. The second-order valence-electron chi connectivity index (χ2n) is 9.58. The Morgan fingerprint density at radius 3 is 2.07 bits per heavy atom. The lowest BCUT2D eigenvalue weighted by Crippen LogP contribution is -2.41. The molecule has 1 N–H and O–H groups in total. The lowest BCUT2D eigenvalue weighted by Gasteiger charge is -2.29. The maximum Gasteiger partial charge on any atom is 0.416 e. The van der Waals surface area contributed by atoms with Gasteiger partial charge in [-0.25, -0.2) is 4.98 Å². The number of carbonyl (C=O) groups excluding carboxylic acids is 2. The van der Waals surface area contributed by atoms with E-state index in [1.807, 2.05) is 12.1 Å². The molecule has 216 valence electrons. The molecule has 6 nitrogen and oxygen atoms in total. The van der Waals surface area contributed by atoms with Crippen molar-refractivity contribution in [2.75, 3.05) is 13.6 Å². The van der Waals surface area contributed by atoms with E-state index in [1.165, 1.54) is 7.05 Å². The number of amides is 2. The van der Waals surface area contributed by atoms with Gasteiger partial charge in [-0.1, -0.05) is 42.5 Å². The van der Waals surface area contributed by atoms with E-state index in [2.05, 4.69) is 10.3 Å². The monoisotopic (exact) mass is 576 g/mol. The molecule has 0 radical (unpaired) electrons. The Labute approximate surface area is 231 Å². The molecule has 1 heterocycles. The number of nitrogens with one attached hydrogen (secondary N) is 1. The highest BCUT2D eigenvalue weighted by Gasteiger charge is 2.38. The van der Waals surface area contributed by atoms with E-state index < -0.39 is 46.9 Å². The van der Waals surface area contributed by atoms with Crippen molar-refractivity contribution < 1.29 is 35.9 Å². The van der Waals surface area contributed by atoms with Crippen LogP contribution in [-0.4, -0.2) is 45.9 Å². The van der Waals surface area contributed by atoms with Crippen LogP contribution in [0, 0.1) is 0 Å². The predicted octanol–water partition coefficient (Wildman–Crippen LogP) is 6.11. The van der Waals surface area contributed by atoms with Gasteiger partial charge in [-0.05, 0) is 48.7 Å². The lowest BCUT2D eigenvalue weighted by molar-refractivity contribution is -0.143. The first-order valence-electron chi connectivity index (χ1n) is 12.6. The van der Waals surface area contributed by atoms with Gasteiger partial charge >= 0.3 is 12.4 Å². The molecule has 0 saturated heterocycles. The van der Waals surface area contributed by atoms with Crippen LogP contribution < -0.4 is 5.32 Å². The van der Waals surface area contributed by atoms with Crippen molar-refractivity contribution in [1.82, 2.24) is 19.8 Å². The average Bonchev–Trinajstić information content (AvgIpc) is 3.27. The van der Waals surface area contributed by atoms with Crippen molar-refractivity contribution in [2.24, 2.45) is 7.05 Å². The molecule has 1 aromatic heterocycles. The molecule has 0 unspecified atom stereocenters. The number of alkyl halides is 6. The molecule has 0 aliphatic carbocycles. The van der Waals surface area contributed by atoms with Crippen LogP contribution in [-0.2, 0) is 25.8 Å². The summed E-state index contributed by atoms with van der Waals surface area (Å²) < 4.78 is 81.9. The van der Waals surface area contributed by atoms with E-state index in [9.17, 15) is 35.9 Å². The first-order chi connectivity index (χ1) is 19.3. The van der Waals surface area contributed by atoms with Crippen LogP contribution in [0.15, 0.2) is 72.8 Å². The first kappa shape index (κ1) is 29.6. The van der Waals surface area contributed by atoms with Gasteiger partial charge in [0.1, 0.15) is 0 Å². The summed E-state index contributed by atoms with van der Waals surface area (Å²) in [5.74, 6) is -1.31. The van der Waals surface area contributed by atoms with E-state index in [-0.39, 0.29) is 31.3 Å². The predicted molar refractivity (Wildman–Crippen MR) is 140 cm³/mol. The van der Waals surface area contributed by atoms with Crippen molar-refractivity contribution >= 4 is 22.8 Å². The minimum atomic E-state index is -5.08. The molecule has 1 atom stereocenters. The summed E-state index contributed by atoms with van der Waals surface area (Å²) in [5, 5.41) is 2.75. The average molecular weight is 577 g/mol. The molecule has 4 aromatic rings. The SMILES string of the molecule is CN(C(=O)c1cc(C(F)(F)F)cc(C(F)(F)F)c1)[C@H](CCNC(=O)c1nc2ccccc2n1C)Cc1ccccc1. The Balaban J connectivity index is 1.56. The summed E-state index contributed by atoms with van der Waals surface area (Å²) >= 11 is 0. The highest BCUT2D eigenvalue weighted by Crippen LogP contribution is 2.36. The third-order valence-corrected chi connectivity index (χ3v) is 6.77. The van der Waals surface area contributed by atoms with Gasteiger partial charge in [-0.3, -0.25) is 9.59 Å². The fraction of sp³-hybridized carbons (Fsp3) is 0.276. The summed E-state index contributed by atoms with van der Waals surface area (Å²) in [6.45, 7) is 0.0630. The minimum absolute atomic E-state index is 0.0190. The van der Waals surface area contributed by atoms with Crippen molar-refractivity contribution in [2.45, 2.75) is 31.2 Å². The number of aryl methyl sites for hydroxylation is 1. The van der Waals surface area contributed by atoms with Crippen molar-refractivity contribution in [3.05, 3.63) is 101 Å². The molecular formula is C29H26F6N4O2. The van der Waals surface area contributed by atoms with Crippen LogP contribution in [0.3, 0.4) is 0 Å². The number of likely N-dealkylation sites (N-methyl/N-ethyl adjacent to an activating group) is 1. The fourth-order valence-corrected chi connectivity index (χ4v) is 4.55. The molecule has 41 heavy (non-hydrogen) atoms. The minimum Gasteiger partial charge on any atom is -0.349 e. The normalized spacial score (nSPS) is 12.8. The zero-order chi connectivity index (χ0) is 29.9. The van der Waals surface area contributed by atoms with Gasteiger partial charge in [-0.15, -0.1) is 0 Å². The highest BCUT2D eigenvalue weighted by atomic mass is 19.4. The van der Waals surface area contributed by atoms with Gasteiger partial charge in [0, 0.05) is 32.2 Å². The quantitative estimate of drug-likeness (QED) is 0.257. The second-order valence-corrected chi connectivity index (χ2v) is 9.58. The Morgan fingerprint density at radius 2 is 1.49 bits per heavy atom. The van der Waals surface area contributed by atoms with Crippen LogP contribution in [0.25, 0.3) is 11.0 Å². The van der Waals surface area contributed by atoms with E-state index in [0.29, 0.717) is 17.6 Å². The second kappa shape index (κ2) is 11.6. The molecule has 3 aromatic carbocycles. The maximum absolute atomic E-state index is 13.4. The smallest absolute Gasteiger partial charge is 0.349 e. The molecule has 0 saturated carbocycles. The van der Waals surface area contributed by atoms with Crippen LogP contribution in [0.2, 0.25) is 0 Å². The van der Waals surface area contributed by atoms with Gasteiger partial charge in [0.15, 0.2) is 5.82 Å². The number of nitrogens with zero attached hydrogens (tertiary/aromatic N) is 3. The fourth-order valence-electron chi connectivity index (χ4n) is 4.55. The number of imidazole rings is 1. The Morgan fingerprint density at radius 1 is 0.902 bits per heavy atom. The summed E-state index contributed by atoms with van der Waals surface area (Å²) in [6, 6.07) is 16.2. The number of rotatable bonds is 8.